The fourth-order valence-corrected chi connectivity index (χ4v) is 9.72. The number of hydrogen-bond donors (Lipinski definition) is 4. The number of carbonyl (C=O) groups is 1. The van der Waals surface area contributed by atoms with Crippen LogP contribution >= 0.6 is 0 Å². The van der Waals surface area contributed by atoms with E-state index in [2.05, 4.69) is 10.2 Å². The van der Waals surface area contributed by atoms with E-state index in [9.17, 15) is 14.8 Å². The van der Waals surface area contributed by atoms with Crippen molar-refractivity contribution in [3.05, 3.63) is 0 Å². The van der Waals surface area contributed by atoms with Crippen molar-refractivity contribution in [3.63, 3.8) is 0 Å². The average molecular weight is 502 g/mol. The molecule has 0 bridgehead atoms. The van der Waals surface area contributed by atoms with Crippen LogP contribution in [0.15, 0.2) is 0 Å². The van der Waals surface area contributed by atoms with E-state index >= 15 is 0 Å². The van der Waals surface area contributed by atoms with Crippen LogP contribution in [-0.4, -0.2) is 60.1 Å². The van der Waals surface area contributed by atoms with Crippen LogP contribution in [0.3, 0.4) is 0 Å². The van der Waals surface area contributed by atoms with Gasteiger partial charge in [0.2, 0.25) is 5.91 Å². The Balaban J connectivity index is 1.25. The normalized spacial score (nSPS) is 38.1. The Morgan fingerprint density at radius 1 is 0.889 bits per heavy atom. The van der Waals surface area contributed by atoms with Crippen molar-refractivity contribution >= 4 is 13.0 Å². The number of nitrogens with zero attached hydrogens (tertiary/aromatic N) is 1. The van der Waals surface area contributed by atoms with Crippen molar-refractivity contribution in [2.75, 3.05) is 26.2 Å². The highest BCUT2D eigenvalue weighted by Crippen LogP contribution is 2.55. The molecule has 3 aliphatic carbocycles. The van der Waals surface area contributed by atoms with Gasteiger partial charge in [-0.15, -0.1) is 0 Å². The van der Waals surface area contributed by atoms with Crippen molar-refractivity contribution in [2.45, 2.75) is 109 Å². The van der Waals surface area contributed by atoms with Gasteiger partial charge in [-0.25, -0.2) is 0 Å². The monoisotopic (exact) mass is 501 g/mol. The van der Waals surface area contributed by atoms with Gasteiger partial charge in [0.25, 0.3) is 0 Å². The van der Waals surface area contributed by atoms with Crippen LogP contribution in [0, 0.1) is 40.9 Å². The Bertz CT molecular complexity index is 721. The second-order valence-corrected chi connectivity index (χ2v) is 13.3. The molecule has 6 nitrogen and oxygen atoms in total. The number of fused-ring (bicyclic) bond motifs is 2. The predicted octanol–water partition coefficient (Wildman–Crippen LogP) is 3.74. The van der Waals surface area contributed by atoms with Crippen molar-refractivity contribution in [1.82, 2.24) is 10.2 Å². The van der Waals surface area contributed by atoms with Gasteiger partial charge < -0.3 is 26.0 Å². The Kier molecular flexibility index (Phi) is 9.02. The summed E-state index contributed by atoms with van der Waals surface area (Å²) in [6.07, 6.45) is 19.1. The molecule has 2 heterocycles. The Labute approximate surface area is 219 Å². The van der Waals surface area contributed by atoms with Gasteiger partial charge in [0.05, 0.1) is 0 Å². The van der Waals surface area contributed by atoms with Crippen LogP contribution in [0.25, 0.3) is 0 Å². The molecule has 5 N–H and O–H groups in total. The molecule has 2 aliphatic heterocycles. The van der Waals surface area contributed by atoms with E-state index in [0.29, 0.717) is 23.7 Å². The number of piperidine rings is 2. The fraction of sp³-hybridized carbons (Fsp3) is 0.966. The van der Waals surface area contributed by atoms with Gasteiger partial charge >= 0.3 is 7.12 Å². The zero-order valence-electron chi connectivity index (χ0n) is 22.6. The van der Waals surface area contributed by atoms with E-state index in [4.69, 9.17) is 5.73 Å². The van der Waals surface area contributed by atoms with Gasteiger partial charge in [0, 0.05) is 24.9 Å². The topological polar surface area (TPSA) is 98.8 Å². The highest BCUT2D eigenvalue weighted by Gasteiger charge is 2.57. The molecule has 1 spiro atoms. The summed E-state index contributed by atoms with van der Waals surface area (Å²) < 4.78 is 0. The van der Waals surface area contributed by atoms with Gasteiger partial charge in [-0.05, 0) is 99.5 Å². The van der Waals surface area contributed by atoms with Crippen LogP contribution in [0.5, 0.6) is 0 Å². The minimum atomic E-state index is -1.32. The first-order valence-electron chi connectivity index (χ1n) is 15.6. The molecule has 2 saturated heterocycles. The maximum Gasteiger partial charge on any atom is 0.470 e. The number of nitrogens with one attached hydrogen (secondary N) is 1. The molecule has 0 aromatic rings. The van der Waals surface area contributed by atoms with E-state index in [-0.39, 0.29) is 17.3 Å². The number of likely N-dealkylation sites (tertiary alicyclic amines) is 1. The molecular weight excluding hydrogens is 449 g/mol. The van der Waals surface area contributed by atoms with E-state index in [1.54, 1.807) is 0 Å². The number of nitrogens with two attached hydrogens (primary N) is 1. The molecule has 6 unspecified atom stereocenters. The van der Waals surface area contributed by atoms with Crippen LogP contribution in [0.1, 0.15) is 103 Å². The van der Waals surface area contributed by atoms with Gasteiger partial charge in [0.1, 0.15) is 0 Å². The Morgan fingerprint density at radius 2 is 1.58 bits per heavy atom. The van der Waals surface area contributed by atoms with E-state index in [1.807, 2.05) is 0 Å². The molecule has 5 rings (SSSR count). The van der Waals surface area contributed by atoms with E-state index < -0.39 is 7.12 Å². The minimum absolute atomic E-state index is 0.0794. The Hall–Kier alpha value is -0.625. The average Bonchev–Trinajstić information content (AvgIpc) is 2.90. The van der Waals surface area contributed by atoms with Crippen LogP contribution < -0.4 is 11.1 Å². The molecule has 7 heteroatoms. The zero-order chi connectivity index (χ0) is 25.1. The molecule has 1 amide bonds. The molecule has 3 saturated carbocycles. The van der Waals surface area contributed by atoms with Crippen molar-refractivity contribution in [3.8, 4) is 0 Å². The molecule has 5 aliphatic rings. The summed E-state index contributed by atoms with van der Waals surface area (Å²) in [5.74, 6) is 3.30. The summed E-state index contributed by atoms with van der Waals surface area (Å²) in [5, 5.41) is 24.4. The van der Waals surface area contributed by atoms with Crippen molar-refractivity contribution in [1.29, 1.82) is 0 Å². The summed E-state index contributed by atoms with van der Waals surface area (Å²) >= 11 is 0. The van der Waals surface area contributed by atoms with Gasteiger partial charge in [0.15, 0.2) is 0 Å². The predicted molar refractivity (Wildman–Crippen MR) is 145 cm³/mol. The second-order valence-electron chi connectivity index (χ2n) is 13.3. The number of amides is 1. The number of hydrogen-bond acceptors (Lipinski definition) is 5. The maximum absolute atomic E-state index is 14.0. The summed E-state index contributed by atoms with van der Waals surface area (Å²) in [4.78, 5) is 16.2. The van der Waals surface area contributed by atoms with Crippen LogP contribution in [-0.2, 0) is 4.79 Å². The van der Waals surface area contributed by atoms with Gasteiger partial charge in [-0.1, -0.05) is 51.4 Å². The van der Waals surface area contributed by atoms with Gasteiger partial charge in [-0.2, -0.15) is 0 Å². The summed E-state index contributed by atoms with van der Waals surface area (Å²) in [6, 6.07) is 0. The summed E-state index contributed by atoms with van der Waals surface area (Å²) in [7, 11) is -1.32. The Morgan fingerprint density at radius 3 is 2.28 bits per heavy atom. The summed E-state index contributed by atoms with van der Waals surface area (Å²) in [5.41, 5.74) is 5.92. The number of rotatable bonds is 4. The largest absolute Gasteiger partial charge is 0.470 e. The molecule has 0 aromatic heterocycles. The zero-order valence-corrected chi connectivity index (χ0v) is 22.6. The molecule has 36 heavy (non-hydrogen) atoms. The van der Waals surface area contributed by atoms with Gasteiger partial charge in [-0.3, -0.25) is 4.79 Å². The molecule has 6 atom stereocenters. The lowest BCUT2D eigenvalue weighted by atomic mass is 9.46. The molecular formula is C29H52BN3O3. The first kappa shape index (κ1) is 27.0. The van der Waals surface area contributed by atoms with Crippen molar-refractivity contribution in [2.24, 2.45) is 46.7 Å². The first-order chi connectivity index (χ1) is 17.5. The lowest BCUT2D eigenvalue weighted by Crippen LogP contribution is -2.67. The third-order valence-corrected chi connectivity index (χ3v) is 11.6. The fourth-order valence-electron chi connectivity index (χ4n) is 9.72. The molecule has 5 fully saturated rings. The third-order valence-electron chi connectivity index (χ3n) is 11.6. The first-order valence-corrected chi connectivity index (χ1v) is 15.6. The van der Waals surface area contributed by atoms with Crippen molar-refractivity contribution < 1.29 is 14.8 Å². The lowest BCUT2D eigenvalue weighted by molar-refractivity contribution is -0.145. The SMILES string of the molecule is NCC1CCCC(C2CCN(C(=O)C3CCCC4C3CNC(B(O)O)C43CCCCCCC3)CC2)C1. The van der Waals surface area contributed by atoms with E-state index in [0.717, 1.165) is 83.0 Å². The van der Waals surface area contributed by atoms with Crippen LogP contribution in [0.4, 0.5) is 0 Å². The summed E-state index contributed by atoms with van der Waals surface area (Å²) in [6.45, 7) is 3.45. The molecule has 0 radical (unpaired) electrons. The van der Waals surface area contributed by atoms with Crippen LogP contribution in [0.2, 0.25) is 0 Å². The maximum atomic E-state index is 14.0. The standard InChI is InChI=1S/C29H52BN3O3/c31-19-21-8-6-9-23(18-21)22-12-16-33(17-13-22)27(34)24-10-7-11-26-25(24)20-32-28(30(35)36)29(26)14-4-2-1-3-5-15-29/h21-26,28,32,35-36H,1-20,31H2. The quantitative estimate of drug-likeness (QED) is 0.440. The minimum Gasteiger partial charge on any atom is -0.426 e. The molecule has 204 valence electrons. The molecule has 0 aromatic carbocycles. The number of carbonyl (C=O) groups excluding carboxylic acids is 1. The highest BCUT2D eigenvalue weighted by molar-refractivity contribution is 6.43. The van der Waals surface area contributed by atoms with E-state index in [1.165, 1.54) is 57.8 Å². The smallest absolute Gasteiger partial charge is 0.426 e. The highest BCUT2D eigenvalue weighted by atomic mass is 16.4. The second kappa shape index (κ2) is 12.0. The third kappa shape index (κ3) is 5.41. The lowest BCUT2D eigenvalue weighted by Gasteiger charge is -2.58.